The molecule has 2 fully saturated rings. The number of rotatable bonds is 9. The molecular formula is C21H28FN3O5S. The average Bonchev–Trinajstić information content (AvgIpc) is 3.12. The first-order valence-corrected chi connectivity index (χ1v) is 11.4. The van der Waals surface area contributed by atoms with Gasteiger partial charge in [0.05, 0.1) is 36.8 Å². The van der Waals surface area contributed by atoms with Gasteiger partial charge in [0, 0.05) is 19.0 Å². The maximum absolute atomic E-state index is 14.0. The summed E-state index contributed by atoms with van der Waals surface area (Å²) < 4.78 is 37.3. The summed E-state index contributed by atoms with van der Waals surface area (Å²) in [5.74, 6) is 0.511. The molecule has 1 N–H and O–H groups in total. The molecule has 0 aromatic carbocycles. The minimum Gasteiger partial charge on any atom is -0.474 e. The fraction of sp³-hybridized carbons (Fsp3) is 0.667. The van der Waals surface area contributed by atoms with E-state index in [1.165, 1.54) is 18.3 Å². The van der Waals surface area contributed by atoms with Crippen molar-refractivity contribution in [1.82, 2.24) is 15.3 Å². The second-order valence-corrected chi connectivity index (χ2v) is 9.35. The van der Waals surface area contributed by atoms with Crippen LogP contribution in [0.3, 0.4) is 0 Å². The predicted molar refractivity (Wildman–Crippen MR) is 113 cm³/mol. The van der Waals surface area contributed by atoms with Gasteiger partial charge in [-0.1, -0.05) is 11.3 Å². The Balaban J connectivity index is 1.24. The van der Waals surface area contributed by atoms with Crippen molar-refractivity contribution in [3.8, 4) is 11.1 Å². The summed E-state index contributed by atoms with van der Waals surface area (Å²) in [6, 6.07) is 1.86. The maximum atomic E-state index is 14.0. The Morgan fingerprint density at radius 2 is 2.10 bits per heavy atom. The van der Waals surface area contributed by atoms with Crippen molar-refractivity contribution >= 4 is 27.5 Å². The molecule has 2 aliphatic rings. The molecular weight excluding hydrogens is 425 g/mol. The van der Waals surface area contributed by atoms with Crippen molar-refractivity contribution < 1.29 is 28.1 Å². The van der Waals surface area contributed by atoms with Gasteiger partial charge in [0.25, 0.3) is 5.19 Å². The van der Waals surface area contributed by atoms with Crippen molar-refractivity contribution in [2.75, 3.05) is 26.4 Å². The van der Waals surface area contributed by atoms with Crippen LogP contribution in [0.4, 0.5) is 4.39 Å². The molecule has 0 unspecified atom stereocenters. The van der Waals surface area contributed by atoms with Gasteiger partial charge in [0.2, 0.25) is 11.8 Å². The van der Waals surface area contributed by atoms with Gasteiger partial charge in [-0.3, -0.25) is 4.79 Å². The molecule has 4 rings (SSSR count). The van der Waals surface area contributed by atoms with Gasteiger partial charge in [0.15, 0.2) is 5.67 Å². The first kappa shape index (κ1) is 22.2. The topological polar surface area (TPSA) is 91.8 Å². The summed E-state index contributed by atoms with van der Waals surface area (Å²) in [5.41, 5.74) is -0.704. The van der Waals surface area contributed by atoms with Gasteiger partial charge in [-0.05, 0) is 32.6 Å². The van der Waals surface area contributed by atoms with Crippen molar-refractivity contribution in [3.63, 3.8) is 0 Å². The minimum atomic E-state index is -1.41. The molecule has 1 saturated heterocycles. The van der Waals surface area contributed by atoms with Gasteiger partial charge >= 0.3 is 0 Å². The molecule has 8 nitrogen and oxygen atoms in total. The number of ether oxygens (including phenoxy) is 4. The Morgan fingerprint density at radius 1 is 1.35 bits per heavy atom. The average molecular weight is 454 g/mol. The van der Waals surface area contributed by atoms with E-state index in [9.17, 15) is 9.18 Å². The lowest BCUT2D eigenvalue weighted by Gasteiger charge is -2.32. The first-order valence-electron chi connectivity index (χ1n) is 10.6. The molecule has 0 radical (unpaired) electrons. The van der Waals surface area contributed by atoms with E-state index < -0.39 is 5.67 Å². The number of aromatic nitrogens is 2. The molecule has 1 atom stereocenters. The smallest absolute Gasteiger partial charge is 0.274 e. The van der Waals surface area contributed by atoms with Crippen LogP contribution in [0.5, 0.6) is 11.1 Å². The second kappa shape index (κ2) is 9.62. The number of thiazole rings is 1. The number of hydrogen-bond acceptors (Lipinski definition) is 8. The number of fused-ring (bicyclic) bond motifs is 1. The Bertz CT molecular complexity index is 898. The van der Waals surface area contributed by atoms with E-state index in [0.717, 1.165) is 30.4 Å². The third-order valence-electron chi connectivity index (χ3n) is 5.35. The zero-order valence-electron chi connectivity index (χ0n) is 17.8. The van der Waals surface area contributed by atoms with E-state index in [1.807, 2.05) is 13.0 Å². The summed E-state index contributed by atoms with van der Waals surface area (Å²) in [7, 11) is 0. The lowest BCUT2D eigenvalue weighted by atomic mass is 9.95. The zero-order chi connectivity index (χ0) is 21.8. The molecule has 170 valence electrons. The third-order valence-corrected chi connectivity index (χ3v) is 6.28. The number of alkyl halides is 1. The van der Waals surface area contributed by atoms with Crippen LogP contribution >= 0.6 is 11.3 Å². The van der Waals surface area contributed by atoms with Crippen LogP contribution in [0.1, 0.15) is 39.5 Å². The Kier molecular flexibility index (Phi) is 6.88. The van der Waals surface area contributed by atoms with E-state index in [0.29, 0.717) is 23.2 Å². The van der Waals surface area contributed by atoms with Gasteiger partial charge in [-0.25, -0.2) is 14.4 Å². The van der Waals surface area contributed by atoms with Crippen LogP contribution in [0.25, 0.3) is 10.2 Å². The number of carbonyl (C=O) groups is 1. The standard InChI is InChI=1S/C21H28FN3O5S/c1-13(24-14(2)26)9-28-15-3-5-16(6-4-15)30-19-7-18-17(8-23-19)25-20(31-18)29-12-21(22)10-27-11-21/h7-8,13,15-16H,3-6,9-12H2,1-2H3,(H,24,26)/t13-,15-,16-/m0/s1. The molecule has 3 heterocycles. The second-order valence-electron chi connectivity index (χ2n) is 8.35. The van der Waals surface area contributed by atoms with Crippen molar-refractivity contribution in [1.29, 1.82) is 0 Å². The van der Waals surface area contributed by atoms with Gasteiger partial charge < -0.3 is 24.3 Å². The fourth-order valence-corrected chi connectivity index (χ4v) is 4.49. The molecule has 0 bridgehead atoms. The molecule has 0 spiro atoms. The maximum Gasteiger partial charge on any atom is 0.274 e. The summed E-state index contributed by atoms with van der Waals surface area (Å²) in [6.07, 6.45) is 5.52. The quantitative estimate of drug-likeness (QED) is 0.624. The number of nitrogens with one attached hydrogen (secondary N) is 1. The number of nitrogens with zero attached hydrogens (tertiary/aromatic N) is 2. The highest BCUT2D eigenvalue weighted by atomic mass is 32.1. The number of carbonyl (C=O) groups excluding carboxylic acids is 1. The highest BCUT2D eigenvalue weighted by Crippen LogP contribution is 2.32. The van der Waals surface area contributed by atoms with E-state index in [2.05, 4.69) is 15.3 Å². The Labute approximate surface area is 184 Å². The van der Waals surface area contributed by atoms with E-state index in [1.54, 1.807) is 6.20 Å². The van der Waals surface area contributed by atoms with E-state index >= 15 is 0 Å². The SMILES string of the molecule is CC(=O)N[C@@H](C)CO[C@H]1CC[C@H](Oc2cc3sc(OCC4(F)COC4)nc3cn2)CC1. The number of hydrogen-bond donors (Lipinski definition) is 1. The Hall–Kier alpha value is -2.04. The van der Waals surface area contributed by atoms with Crippen molar-refractivity contribution in [2.45, 2.75) is 63.4 Å². The summed E-state index contributed by atoms with van der Waals surface area (Å²) in [5, 5.41) is 3.25. The predicted octanol–water partition coefficient (Wildman–Crippen LogP) is 3.04. The van der Waals surface area contributed by atoms with E-state index in [4.69, 9.17) is 18.9 Å². The largest absolute Gasteiger partial charge is 0.474 e. The highest BCUT2D eigenvalue weighted by Gasteiger charge is 2.40. The Morgan fingerprint density at radius 3 is 2.77 bits per heavy atom. The highest BCUT2D eigenvalue weighted by molar-refractivity contribution is 7.20. The fourth-order valence-electron chi connectivity index (χ4n) is 3.67. The molecule has 2 aromatic rings. The number of halogens is 1. The van der Waals surface area contributed by atoms with Gasteiger partial charge in [-0.15, -0.1) is 0 Å². The molecule has 10 heteroatoms. The van der Waals surface area contributed by atoms with Crippen LogP contribution in [0, 0.1) is 0 Å². The monoisotopic (exact) mass is 453 g/mol. The van der Waals surface area contributed by atoms with Gasteiger partial charge in [-0.2, -0.15) is 0 Å². The van der Waals surface area contributed by atoms with Crippen molar-refractivity contribution in [2.24, 2.45) is 0 Å². The summed E-state index contributed by atoms with van der Waals surface area (Å²) in [6.45, 7) is 4.04. The molecule has 1 aliphatic carbocycles. The third kappa shape index (κ3) is 6.02. The molecule has 1 amide bonds. The zero-order valence-corrected chi connectivity index (χ0v) is 18.6. The number of amides is 1. The molecule has 2 aromatic heterocycles. The molecule has 1 aliphatic heterocycles. The lowest BCUT2D eigenvalue weighted by Crippen LogP contribution is -2.50. The summed E-state index contributed by atoms with van der Waals surface area (Å²) in [4.78, 5) is 19.8. The molecule has 31 heavy (non-hydrogen) atoms. The van der Waals surface area contributed by atoms with Crippen LogP contribution in [0.15, 0.2) is 12.3 Å². The van der Waals surface area contributed by atoms with E-state index in [-0.39, 0.29) is 44.0 Å². The molecule has 1 saturated carbocycles. The number of pyridine rings is 1. The van der Waals surface area contributed by atoms with Crippen LogP contribution in [-0.4, -0.2) is 66.2 Å². The van der Waals surface area contributed by atoms with Crippen molar-refractivity contribution in [3.05, 3.63) is 12.3 Å². The summed E-state index contributed by atoms with van der Waals surface area (Å²) >= 11 is 1.35. The normalized spacial score (nSPS) is 23.7. The van der Waals surface area contributed by atoms with Crippen LogP contribution in [0.2, 0.25) is 0 Å². The first-order chi connectivity index (χ1) is 14.9. The van der Waals surface area contributed by atoms with Gasteiger partial charge in [0.1, 0.15) is 18.2 Å². The minimum absolute atomic E-state index is 0.00756. The van der Waals surface area contributed by atoms with Crippen LogP contribution < -0.4 is 14.8 Å². The van der Waals surface area contributed by atoms with Crippen LogP contribution in [-0.2, 0) is 14.3 Å². The lowest BCUT2D eigenvalue weighted by molar-refractivity contribution is -0.146.